The van der Waals surface area contributed by atoms with E-state index in [1.165, 1.54) is 0 Å². The highest BCUT2D eigenvalue weighted by Crippen LogP contribution is 2.44. The molecule has 1 aromatic heterocycles. The second-order valence-electron chi connectivity index (χ2n) is 5.27. The number of hydrogen-bond acceptors (Lipinski definition) is 5. The number of pyridine rings is 1. The van der Waals surface area contributed by atoms with Gasteiger partial charge in [0.25, 0.3) is 0 Å². The molecule has 0 bridgehead atoms. The van der Waals surface area contributed by atoms with Gasteiger partial charge in [-0.2, -0.15) is 0 Å². The Bertz CT molecular complexity index is 481. The highest BCUT2D eigenvalue weighted by molar-refractivity contribution is 6.37. The molecule has 0 radical (unpaired) electrons. The number of anilines is 2. The number of aromatic nitrogens is 1. The quantitative estimate of drug-likeness (QED) is 0.589. The molecule has 0 aliphatic heterocycles. The topological polar surface area (TPSA) is 72.2 Å². The van der Waals surface area contributed by atoms with Crippen LogP contribution in [0.5, 0.6) is 0 Å². The summed E-state index contributed by atoms with van der Waals surface area (Å²) in [6, 6.07) is 1.86. The predicted octanol–water partition coefficient (Wildman–Crippen LogP) is 2.90. The molecular weight excluding hydrogens is 287 g/mol. The molecule has 1 fully saturated rings. The van der Waals surface area contributed by atoms with Gasteiger partial charge in [0, 0.05) is 18.6 Å². The smallest absolute Gasteiger partial charge is 0.161 e. The minimum atomic E-state index is 0.0235. The van der Waals surface area contributed by atoms with Crippen molar-refractivity contribution in [3.63, 3.8) is 0 Å². The molecule has 0 saturated heterocycles. The fourth-order valence-electron chi connectivity index (χ4n) is 2.36. The lowest BCUT2D eigenvalue weighted by molar-refractivity contribution is -0.0795. The van der Waals surface area contributed by atoms with Crippen LogP contribution >= 0.6 is 23.2 Å². The van der Waals surface area contributed by atoms with Crippen molar-refractivity contribution in [2.75, 3.05) is 17.9 Å². The number of methoxy groups -OCH3 is 1. The van der Waals surface area contributed by atoms with E-state index in [1.807, 2.05) is 0 Å². The van der Waals surface area contributed by atoms with Crippen molar-refractivity contribution >= 4 is 34.8 Å². The Morgan fingerprint density at radius 3 is 2.53 bits per heavy atom. The molecule has 2 rings (SSSR count). The molecule has 1 aliphatic rings. The van der Waals surface area contributed by atoms with Crippen LogP contribution in [0.15, 0.2) is 6.07 Å². The van der Waals surface area contributed by atoms with Crippen LogP contribution in [0.1, 0.15) is 20.3 Å². The number of nitrogens with two attached hydrogens (primary N) is 1. The molecule has 1 aliphatic carbocycles. The highest BCUT2D eigenvalue weighted by Gasteiger charge is 2.48. The van der Waals surface area contributed by atoms with Crippen LogP contribution in [0.2, 0.25) is 10.0 Å². The van der Waals surface area contributed by atoms with E-state index in [0.29, 0.717) is 21.7 Å². The SMILES string of the molecule is COC1CC(Nc2nc(NN)c(Cl)cc2Cl)C1(C)C. The Morgan fingerprint density at radius 2 is 2.00 bits per heavy atom. The Labute approximate surface area is 122 Å². The fourth-order valence-corrected chi connectivity index (χ4v) is 2.83. The summed E-state index contributed by atoms with van der Waals surface area (Å²) in [5, 5.41) is 4.19. The Balaban J connectivity index is 2.17. The van der Waals surface area contributed by atoms with Crippen LogP contribution in [-0.4, -0.2) is 24.2 Å². The van der Waals surface area contributed by atoms with Crippen molar-refractivity contribution in [2.45, 2.75) is 32.4 Å². The highest BCUT2D eigenvalue weighted by atomic mass is 35.5. The Kier molecular flexibility index (Phi) is 4.11. The number of hydrogen-bond donors (Lipinski definition) is 3. The lowest BCUT2D eigenvalue weighted by Gasteiger charge is -2.51. The van der Waals surface area contributed by atoms with Crippen molar-refractivity contribution in [1.82, 2.24) is 4.98 Å². The van der Waals surface area contributed by atoms with E-state index < -0.39 is 0 Å². The van der Waals surface area contributed by atoms with E-state index in [9.17, 15) is 0 Å². The number of nitrogens with zero attached hydrogens (tertiary/aromatic N) is 1. The van der Waals surface area contributed by atoms with Gasteiger partial charge in [0.1, 0.15) is 5.82 Å². The maximum Gasteiger partial charge on any atom is 0.161 e. The molecule has 2 atom stereocenters. The molecule has 2 unspecified atom stereocenters. The van der Waals surface area contributed by atoms with Crippen LogP contribution in [0, 0.1) is 5.41 Å². The number of halogens is 2. The monoisotopic (exact) mass is 304 g/mol. The lowest BCUT2D eigenvalue weighted by atomic mass is 9.64. The summed E-state index contributed by atoms with van der Waals surface area (Å²) < 4.78 is 5.42. The number of nitrogens with one attached hydrogen (secondary N) is 2. The number of ether oxygens (including phenoxy) is 1. The van der Waals surface area contributed by atoms with Gasteiger partial charge in [-0.05, 0) is 12.5 Å². The van der Waals surface area contributed by atoms with Gasteiger partial charge in [0.15, 0.2) is 5.82 Å². The molecule has 0 aromatic carbocycles. The molecule has 7 heteroatoms. The number of nitrogen functional groups attached to an aromatic ring is 1. The average molecular weight is 305 g/mol. The number of rotatable bonds is 4. The third-order valence-corrected chi connectivity index (χ3v) is 4.42. The summed E-state index contributed by atoms with van der Waals surface area (Å²) in [7, 11) is 1.73. The summed E-state index contributed by atoms with van der Waals surface area (Å²) in [4.78, 5) is 4.28. The van der Waals surface area contributed by atoms with Crippen LogP contribution in [0.3, 0.4) is 0 Å². The van der Waals surface area contributed by atoms with Gasteiger partial charge in [0.2, 0.25) is 0 Å². The van der Waals surface area contributed by atoms with Gasteiger partial charge < -0.3 is 15.5 Å². The normalized spacial score (nSPS) is 24.7. The standard InChI is InChI=1S/C12H18Cl2N4O/c1-12(2)8(5-9(12)19-3)16-10-6(13)4-7(14)11(17-10)18-15/h4,8-9H,5,15H2,1-3H3,(H2,16,17,18). The maximum atomic E-state index is 6.14. The molecule has 5 nitrogen and oxygen atoms in total. The molecule has 0 spiro atoms. The van der Waals surface area contributed by atoms with E-state index in [-0.39, 0.29) is 17.6 Å². The van der Waals surface area contributed by atoms with Crippen LogP contribution in [-0.2, 0) is 4.74 Å². The molecule has 4 N–H and O–H groups in total. The number of hydrazine groups is 1. The van der Waals surface area contributed by atoms with Crippen molar-refractivity contribution < 1.29 is 4.74 Å². The van der Waals surface area contributed by atoms with Gasteiger partial charge in [-0.15, -0.1) is 0 Å². The predicted molar refractivity (Wildman–Crippen MR) is 78.7 cm³/mol. The fraction of sp³-hybridized carbons (Fsp3) is 0.583. The third kappa shape index (κ3) is 2.60. The minimum absolute atomic E-state index is 0.0235. The first-order valence-electron chi connectivity index (χ1n) is 6.02. The van der Waals surface area contributed by atoms with Crippen LogP contribution in [0.25, 0.3) is 0 Å². The zero-order valence-electron chi connectivity index (χ0n) is 11.1. The second-order valence-corrected chi connectivity index (χ2v) is 6.09. The summed E-state index contributed by atoms with van der Waals surface area (Å²) in [5.41, 5.74) is 2.47. The summed E-state index contributed by atoms with van der Waals surface area (Å²) in [6.45, 7) is 4.29. The maximum absolute atomic E-state index is 6.14. The van der Waals surface area contributed by atoms with E-state index in [2.05, 4.69) is 29.6 Å². The van der Waals surface area contributed by atoms with Crippen LogP contribution in [0.4, 0.5) is 11.6 Å². The molecular formula is C12H18Cl2N4O. The van der Waals surface area contributed by atoms with E-state index in [4.69, 9.17) is 33.8 Å². The van der Waals surface area contributed by atoms with Gasteiger partial charge in [-0.25, -0.2) is 10.8 Å². The van der Waals surface area contributed by atoms with Crippen LogP contribution < -0.4 is 16.6 Å². The third-order valence-electron chi connectivity index (χ3n) is 3.84. The van der Waals surface area contributed by atoms with Gasteiger partial charge in [-0.3, -0.25) is 0 Å². The second kappa shape index (κ2) is 5.32. The Morgan fingerprint density at radius 1 is 1.37 bits per heavy atom. The molecule has 19 heavy (non-hydrogen) atoms. The van der Waals surface area contributed by atoms with E-state index in [1.54, 1.807) is 13.2 Å². The molecule has 1 aromatic rings. The van der Waals surface area contributed by atoms with E-state index in [0.717, 1.165) is 6.42 Å². The molecule has 106 valence electrons. The first-order valence-corrected chi connectivity index (χ1v) is 6.77. The van der Waals surface area contributed by atoms with Crippen molar-refractivity contribution in [3.8, 4) is 0 Å². The van der Waals surface area contributed by atoms with Gasteiger partial charge in [-0.1, -0.05) is 37.0 Å². The summed E-state index contributed by atoms with van der Waals surface area (Å²) >= 11 is 12.1. The zero-order valence-corrected chi connectivity index (χ0v) is 12.6. The molecule has 1 heterocycles. The first-order chi connectivity index (χ1) is 8.90. The minimum Gasteiger partial charge on any atom is -0.381 e. The van der Waals surface area contributed by atoms with Crippen molar-refractivity contribution in [2.24, 2.45) is 11.3 Å². The van der Waals surface area contributed by atoms with Crippen molar-refractivity contribution in [1.29, 1.82) is 0 Å². The van der Waals surface area contributed by atoms with E-state index >= 15 is 0 Å². The first kappa shape index (κ1) is 14.7. The average Bonchev–Trinajstić information content (AvgIpc) is 2.36. The Hall–Kier alpha value is -0.750. The van der Waals surface area contributed by atoms with Gasteiger partial charge >= 0.3 is 0 Å². The van der Waals surface area contributed by atoms with Gasteiger partial charge in [0.05, 0.1) is 16.1 Å². The lowest BCUT2D eigenvalue weighted by Crippen LogP contribution is -2.57. The molecule has 0 amide bonds. The summed E-state index contributed by atoms with van der Waals surface area (Å²) in [5.74, 6) is 6.33. The molecule has 1 saturated carbocycles. The van der Waals surface area contributed by atoms with Crippen molar-refractivity contribution in [3.05, 3.63) is 16.1 Å². The largest absolute Gasteiger partial charge is 0.381 e. The summed E-state index contributed by atoms with van der Waals surface area (Å²) in [6.07, 6.45) is 1.15. The zero-order chi connectivity index (χ0) is 14.2.